The molecule has 10 heteroatoms. The number of likely N-dealkylation sites (tertiary alicyclic amines) is 1. The van der Waals surface area contributed by atoms with Gasteiger partial charge in [-0.1, -0.05) is 26.8 Å². The van der Waals surface area contributed by atoms with Crippen LogP contribution in [0.3, 0.4) is 0 Å². The van der Waals surface area contributed by atoms with Crippen LogP contribution in [0.5, 0.6) is 17.2 Å². The molecule has 1 unspecified atom stereocenters. The van der Waals surface area contributed by atoms with E-state index in [0.717, 1.165) is 34.0 Å². The summed E-state index contributed by atoms with van der Waals surface area (Å²) >= 11 is 3.60. The number of halogens is 1. The van der Waals surface area contributed by atoms with Crippen molar-refractivity contribution in [1.82, 2.24) is 14.4 Å². The zero-order valence-electron chi connectivity index (χ0n) is 24.1. The molecule has 2 aliphatic heterocycles. The number of aromatic nitrogens is 1. The molecular formula is C31H38BrN3O6. The maximum atomic E-state index is 12.8. The fraction of sp³-hybridized carbons (Fsp3) is 0.484. The zero-order valence-corrected chi connectivity index (χ0v) is 25.6. The molecule has 3 heterocycles. The van der Waals surface area contributed by atoms with Crippen molar-refractivity contribution in [3.8, 4) is 17.2 Å². The van der Waals surface area contributed by atoms with E-state index < -0.39 is 6.09 Å². The molecular weight excluding hydrogens is 590 g/mol. The van der Waals surface area contributed by atoms with Crippen LogP contribution < -0.4 is 19.8 Å². The first-order chi connectivity index (χ1) is 19.6. The first-order valence-corrected chi connectivity index (χ1v) is 14.9. The number of carbonyl (C=O) groups is 1. The predicted octanol–water partition coefficient (Wildman–Crippen LogP) is 5.78. The largest absolute Gasteiger partial charge is 0.497 e. The molecule has 3 aromatic rings. The predicted molar refractivity (Wildman–Crippen MR) is 161 cm³/mol. The minimum absolute atomic E-state index is 0.0583. The molecule has 1 fully saturated rings. The highest BCUT2D eigenvalue weighted by Gasteiger charge is 2.40. The molecule has 41 heavy (non-hydrogen) atoms. The summed E-state index contributed by atoms with van der Waals surface area (Å²) in [4.78, 5) is 29.6. The quantitative estimate of drug-likeness (QED) is 0.355. The van der Waals surface area contributed by atoms with E-state index in [1.807, 2.05) is 36.4 Å². The van der Waals surface area contributed by atoms with E-state index in [4.69, 9.17) is 14.2 Å². The van der Waals surface area contributed by atoms with Crippen LogP contribution in [0.25, 0.3) is 10.9 Å². The number of pyridine rings is 1. The number of methoxy groups -OCH3 is 1. The number of carboxylic acid groups (broad SMARTS) is 1. The highest BCUT2D eigenvalue weighted by atomic mass is 79.9. The van der Waals surface area contributed by atoms with E-state index >= 15 is 0 Å². The van der Waals surface area contributed by atoms with Crippen molar-refractivity contribution in [1.29, 1.82) is 0 Å². The van der Waals surface area contributed by atoms with Crippen LogP contribution in [0, 0.1) is 5.41 Å². The minimum atomic E-state index is -0.917. The van der Waals surface area contributed by atoms with Gasteiger partial charge < -0.3 is 28.8 Å². The lowest BCUT2D eigenvalue weighted by molar-refractivity contribution is 0.0291. The van der Waals surface area contributed by atoms with Crippen molar-refractivity contribution >= 4 is 32.9 Å². The first kappa shape index (κ1) is 29.3. The fourth-order valence-corrected chi connectivity index (χ4v) is 6.69. The van der Waals surface area contributed by atoms with Crippen LogP contribution in [0.15, 0.2) is 51.7 Å². The number of benzene rings is 2. The Morgan fingerprint density at radius 1 is 1.07 bits per heavy atom. The fourth-order valence-electron chi connectivity index (χ4n) is 6.13. The van der Waals surface area contributed by atoms with Gasteiger partial charge in [0.2, 0.25) is 0 Å². The Balaban J connectivity index is 1.31. The van der Waals surface area contributed by atoms with Gasteiger partial charge in [0.25, 0.3) is 5.56 Å². The Bertz CT molecular complexity index is 1480. The third kappa shape index (κ3) is 6.18. The third-order valence-electron chi connectivity index (χ3n) is 8.06. The van der Waals surface area contributed by atoms with Crippen molar-refractivity contribution in [2.24, 2.45) is 5.41 Å². The minimum Gasteiger partial charge on any atom is -0.497 e. The molecule has 220 valence electrons. The maximum Gasteiger partial charge on any atom is 0.408 e. The van der Waals surface area contributed by atoms with Gasteiger partial charge in [-0.3, -0.25) is 9.69 Å². The lowest BCUT2D eigenvalue weighted by Gasteiger charge is -2.45. The zero-order chi connectivity index (χ0) is 29.3. The van der Waals surface area contributed by atoms with Crippen molar-refractivity contribution in [2.45, 2.75) is 52.2 Å². The van der Waals surface area contributed by atoms with Crippen molar-refractivity contribution in [3.63, 3.8) is 0 Å². The summed E-state index contributed by atoms with van der Waals surface area (Å²) in [6, 6.07) is 12.5. The molecule has 0 bridgehead atoms. The molecule has 0 saturated carbocycles. The number of hydrogen-bond acceptors (Lipinski definition) is 6. The Morgan fingerprint density at radius 3 is 2.44 bits per heavy atom. The summed E-state index contributed by atoms with van der Waals surface area (Å²) in [5, 5.41) is 11.4. The van der Waals surface area contributed by atoms with Gasteiger partial charge in [-0.15, -0.1) is 0 Å². The molecule has 0 aliphatic carbocycles. The molecule has 1 saturated heterocycles. The molecule has 0 spiro atoms. The second kappa shape index (κ2) is 11.9. The Hall–Kier alpha value is -3.24. The number of fused-ring (bicyclic) bond motifs is 2. The molecule has 5 rings (SSSR count). The smallest absolute Gasteiger partial charge is 0.408 e. The van der Waals surface area contributed by atoms with Crippen LogP contribution in [-0.4, -0.2) is 71.6 Å². The van der Waals surface area contributed by atoms with Gasteiger partial charge >= 0.3 is 6.09 Å². The Kier molecular flexibility index (Phi) is 8.52. The van der Waals surface area contributed by atoms with E-state index in [1.165, 1.54) is 0 Å². The Labute approximate surface area is 248 Å². The SMILES string of the molecule is COc1cc(Br)c2ccc(=O)n(CCN3CCC(N(C(=O)O)C(c4ccc5c(c4)OCCO5)C(C)(C)C)CC3)c2c1. The number of rotatable bonds is 7. The number of amides is 1. The number of hydrogen-bond donors (Lipinski definition) is 1. The van der Waals surface area contributed by atoms with Crippen LogP contribution >= 0.6 is 15.9 Å². The highest BCUT2D eigenvalue weighted by Crippen LogP contribution is 2.43. The normalized spacial score (nSPS) is 16.9. The summed E-state index contributed by atoms with van der Waals surface area (Å²) < 4.78 is 19.6. The maximum absolute atomic E-state index is 12.8. The van der Waals surface area contributed by atoms with Gasteiger partial charge in [-0.2, -0.15) is 0 Å². The highest BCUT2D eigenvalue weighted by molar-refractivity contribution is 9.10. The van der Waals surface area contributed by atoms with Crippen LogP contribution in [0.1, 0.15) is 45.2 Å². The molecule has 1 aromatic heterocycles. The summed E-state index contributed by atoms with van der Waals surface area (Å²) in [6.07, 6.45) is 0.514. The van der Waals surface area contributed by atoms with Gasteiger partial charge in [0.1, 0.15) is 19.0 Å². The third-order valence-corrected chi connectivity index (χ3v) is 8.71. The lowest BCUT2D eigenvalue weighted by atomic mass is 9.80. The van der Waals surface area contributed by atoms with Gasteiger partial charge in [0.15, 0.2) is 11.5 Å². The van der Waals surface area contributed by atoms with E-state index in [0.29, 0.717) is 56.4 Å². The molecule has 2 aliphatic rings. The molecule has 1 atom stereocenters. The van der Waals surface area contributed by atoms with E-state index in [1.54, 1.807) is 22.6 Å². The van der Waals surface area contributed by atoms with Gasteiger partial charge in [-0.05, 0) is 64.0 Å². The average molecular weight is 629 g/mol. The lowest BCUT2D eigenvalue weighted by Crippen LogP contribution is -2.51. The standard InChI is InChI=1S/C31H38BrN3O6/c1-31(2,3)29(20-5-7-26-27(17-20)41-16-15-40-26)35(30(37)38)21-9-11-33(12-10-21)13-14-34-25-19-22(39-4)18-24(32)23(25)6-8-28(34)36/h5-8,17-19,21,29H,9-16H2,1-4H3,(H,37,38). The van der Waals surface area contributed by atoms with Crippen molar-refractivity contribution in [3.05, 3.63) is 62.9 Å². The van der Waals surface area contributed by atoms with Crippen LogP contribution in [-0.2, 0) is 6.54 Å². The first-order valence-electron chi connectivity index (χ1n) is 14.1. The van der Waals surface area contributed by atoms with Gasteiger partial charge in [0, 0.05) is 54.2 Å². The summed E-state index contributed by atoms with van der Waals surface area (Å²) in [7, 11) is 1.61. The van der Waals surface area contributed by atoms with E-state index in [-0.39, 0.29) is 23.1 Å². The van der Waals surface area contributed by atoms with Gasteiger partial charge in [0.05, 0.1) is 18.7 Å². The summed E-state index contributed by atoms with van der Waals surface area (Å²) in [6.45, 7) is 9.95. The molecule has 1 amide bonds. The topological polar surface area (TPSA) is 93.5 Å². The second-order valence-electron chi connectivity index (χ2n) is 11.8. The van der Waals surface area contributed by atoms with E-state index in [9.17, 15) is 14.7 Å². The van der Waals surface area contributed by atoms with Crippen molar-refractivity contribution < 1.29 is 24.1 Å². The van der Waals surface area contributed by atoms with Gasteiger partial charge in [-0.25, -0.2) is 4.79 Å². The molecule has 0 radical (unpaired) electrons. The molecule has 1 N–H and O–H groups in total. The monoisotopic (exact) mass is 627 g/mol. The van der Waals surface area contributed by atoms with Crippen LogP contribution in [0.2, 0.25) is 0 Å². The summed E-state index contributed by atoms with van der Waals surface area (Å²) in [5.74, 6) is 2.04. The van der Waals surface area contributed by atoms with Crippen molar-refractivity contribution in [2.75, 3.05) is 40.0 Å². The summed E-state index contributed by atoms with van der Waals surface area (Å²) in [5.41, 5.74) is 1.33. The average Bonchev–Trinajstić information content (AvgIpc) is 2.94. The second-order valence-corrected chi connectivity index (χ2v) is 12.7. The Morgan fingerprint density at radius 2 is 1.78 bits per heavy atom. The number of nitrogens with zero attached hydrogens (tertiary/aromatic N) is 3. The number of ether oxygens (including phenoxy) is 3. The molecule has 2 aromatic carbocycles. The van der Waals surface area contributed by atoms with Crippen LogP contribution in [0.4, 0.5) is 4.79 Å². The van der Waals surface area contributed by atoms with E-state index in [2.05, 4.69) is 41.6 Å². The number of piperidine rings is 1. The molecule has 9 nitrogen and oxygen atoms in total.